The van der Waals surface area contributed by atoms with Crippen molar-refractivity contribution in [2.24, 2.45) is 5.73 Å². The van der Waals surface area contributed by atoms with Gasteiger partial charge in [-0.05, 0) is 42.8 Å². The topological polar surface area (TPSA) is 32.5 Å². The monoisotopic (exact) mass is 291 g/mol. The van der Waals surface area contributed by atoms with Gasteiger partial charge in [-0.25, -0.2) is 0 Å². The van der Waals surface area contributed by atoms with Crippen LogP contribution in [-0.4, -0.2) is 49.6 Å². The molecule has 4 heteroatoms. The van der Waals surface area contributed by atoms with Crippen molar-refractivity contribution in [3.8, 4) is 0 Å². The molecule has 2 N–H and O–H groups in total. The number of thioether (sulfide) groups is 1. The molecule has 2 heterocycles. The molecule has 1 aromatic rings. The third-order valence-electron chi connectivity index (χ3n) is 4.81. The summed E-state index contributed by atoms with van der Waals surface area (Å²) < 4.78 is 0. The zero-order valence-corrected chi connectivity index (χ0v) is 13.3. The van der Waals surface area contributed by atoms with Gasteiger partial charge in [-0.3, -0.25) is 4.90 Å². The Balaban J connectivity index is 1.82. The molecule has 3 nitrogen and oxygen atoms in total. The van der Waals surface area contributed by atoms with Crippen LogP contribution in [0.1, 0.15) is 23.6 Å². The fourth-order valence-corrected chi connectivity index (χ4v) is 4.71. The Morgan fingerprint density at radius 1 is 1.50 bits per heavy atom. The van der Waals surface area contributed by atoms with Crippen LogP contribution in [0.2, 0.25) is 0 Å². The molecule has 0 aliphatic carbocycles. The van der Waals surface area contributed by atoms with Gasteiger partial charge in [-0.1, -0.05) is 12.1 Å². The van der Waals surface area contributed by atoms with Gasteiger partial charge in [0.25, 0.3) is 0 Å². The number of anilines is 1. The highest BCUT2D eigenvalue weighted by Gasteiger charge is 2.27. The second kappa shape index (κ2) is 5.96. The SMILES string of the molecule is CN1CCc2cc(C(CN)N(C)C3CCSC3)ccc21. The first-order chi connectivity index (χ1) is 9.70. The molecular formula is C16H25N3S. The molecule has 0 bridgehead atoms. The Bertz CT molecular complexity index is 471. The molecule has 2 aliphatic rings. The molecule has 0 spiro atoms. The van der Waals surface area contributed by atoms with E-state index in [-0.39, 0.29) is 0 Å². The van der Waals surface area contributed by atoms with Crippen molar-refractivity contribution in [3.63, 3.8) is 0 Å². The minimum Gasteiger partial charge on any atom is -0.374 e. The van der Waals surface area contributed by atoms with Crippen LogP contribution in [-0.2, 0) is 6.42 Å². The van der Waals surface area contributed by atoms with Crippen molar-refractivity contribution >= 4 is 17.4 Å². The lowest BCUT2D eigenvalue weighted by Gasteiger charge is -2.32. The van der Waals surface area contributed by atoms with Crippen LogP contribution in [0, 0.1) is 0 Å². The number of nitrogens with zero attached hydrogens (tertiary/aromatic N) is 2. The second-order valence-corrected chi connectivity index (χ2v) is 7.14. The molecule has 1 aromatic carbocycles. The average Bonchev–Trinajstić information content (AvgIpc) is 3.10. The summed E-state index contributed by atoms with van der Waals surface area (Å²) in [6.45, 7) is 1.84. The Morgan fingerprint density at radius 3 is 3.05 bits per heavy atom. The average molecular weight is 291 g/mol. The minimum absolute atomic E-state index is 0.356. The first-order valence-corrected chi connectivity index (χ1v) is 8.70. The second-order valence-electron chi connectivity index (χ2n) is 5.99. The Kier molecular flexibility index (Phi) is 4.24. The minimum atomic E-state index is 0.356. The van der Waals surface area contributed by atoms with E-state index < -0.39 is 0 Å². The smallest absolute Gasteiger partial charge is 0.0470 e. The first-order valence-electron chi connectivity index (χ1n) is 7.54. The van der Waals surface area contributed by atoms with Crippen LogP contribution in [0.4, 0.5) is 5.69 Å². The lowest BCUT2D eigenvalue weighted by molar-refractivity contribution is 0.193. The number of hydrogen-bond acceptors (Lipinski definition) is 4. The summed E-state index contributed by atoms with van der Waals surface area (Å²) in [6.07, 6.45) is 2.46. The zero-order valence-electron chi connectivity index (χ0n) is 12.5. The van der Waals surface area contributed by atoms with Gasteiger partial charge in [-0.2, -0.15) is 11.8 Å². The summed E-state index contributed by atoms with van der Waals surface area (Å²) in [5.41, 5.74) is 10.4. The molecule has 2 unspecified atom stereocenters. The van der Waals surface area contributed by atoms with Crippen LogP contribution in [0.25, 0.3) is 0 Å². The van der Waals surface area contributed by atoms with Gasteiger partial charge in [0.1, 0.15) is 0 Å². The Hall–Kier alpha value is -0.710. The predicted octanol–water partition coefficient (Wildman–Crippen LogP) is 2.12. The van der Waals surface area contributed by atoms with E-state index in [1.54, 1.807) is 0 Å². The van der Waals surface area contributed by atoms with Gasteiger partial charge in [0.15, 0.2) is 0 Å². The molecule has 0 amide bonds. The molecule has 0 radical (unpaired) electrons. The van der Waals surface area contributed by atoms with E-state index in [9.17, 15) is 0 Å². The molecule has 0 saturated carbocycles. The van der Waals surface area contributed by atoms with Crippen LogP contribution in [0.5, 0.6) is 0 Å². The summed E-state index contributed by atoms with van der Waals surface area (Å²) >= 11 is 2.06. The van der Waals surface area contributed by atoms with Gasteiger partial charge >= 0.3 is 0 Å². The first kappa shape index (κ1) is 14.2. The van der Waals surface area contributed by atoms with Crippen molar-refractivity contribution in [1.29, 1.82) is 0 Å². The molecule has 20 heavy (non-hydrogen) atoms. The molecule has 2 aliphatic heterocycles. The summed E-state index contributed by atoms with van der Waals surface area (Å²) in [5.74, 6) is 2.54. The highest BCUT2D eigenvalue weighted by atomic mass is 32.2. The maximum absolute atomic E-state index is 6.09. The van der Waals surface area contributed by atoms with E-state index in [0.29, 0.717) is 18.6 Å². The van der Waals surface area contributed by atoms with Crippen LogP contribution in [0.15, 0.2) is 18.2 Å². The van der Waals surface area contributed by atoms with Crippen molar-refractivity contribution in [3.05, 3.63) is 29.3 Å². The normalized spacial score (nSPS) is 23.4. The molecule has 0 aromatic heterocycles. The number of rotatable bonds is 4. The zero-order chi connectivity index (χ0) is 14.1. The molecule has 1 saturated heterocycles. The summed E-state index contributed by atoms with van der Waals surface area (Å²) in [5, 5.41) is 0. The van der Waals surface area contributed by atoms with E-state index in [1.165, 1.54) is 41.2 Å². The maximum Gasteiger partial charge on any atom is 0.0470 e. The van der Waals surface area contributed by atoms with Crippen molar-refractivity contribution < 1.29 is 0 Å². The fraction of sp³-hybridized carbons (Fsp3) is 0.625. The van der Waals surface area contributed by atoms with E-state index in [4.69, 9.17) is 5.73 Å². The van der Waals surface area contributed by atoms with Crippen molar-refractivity contribution in [2.45, 2.75) is 24.9 Å². The molecule has 3 rings (SSSR count). The summed E-state index contributed by atoms with van der Waals surface area (Å²) in [7, 11) is 4.42. The van der Waals surface area contributed by atoms with Crippen molar-refractivity contribution in [2.75, 3.05) is 43.6 Å². The van der Waals surface area contributed by atoms with E-state index in [0.717, 1.165) is 6.54 Å². The molecule has 1 fully saturated rings. The molecular weight excluding hydrogens is 266 g/mol. The standard InChI is InChI=1S/C16H25N3S/c1-18-7-5-13-9-12(3-4-15(13)18)16(10-17)19(2)14-6-8-20-11-14/h3-4,9,14,16H,5-8,10-11,17H2,1-2H3. The quantitative estimate of drug-likeness (QED) is 0.921. The van der Waals surface area contributed by atoms with Crippen LogP contribution in [0.3, 0.4) is 0 Å². The van der Waals surface area contributed by atoms with Gasteiger partial charge in [-0.15, -0.1) is 0 Å². The summed E-state index contributed by atoms with van der Waals surface area (Å²) in [4.78, 5) is 4.84. The number of hydrogen-bond donors (Lipinski definition) is 1. The lowest BCUT2D eigenvalue weighted by atomic mass is 10.00. The lowest BCUT2D eigenvalue weighted by Crippen LogP contribution is -2.38. The third-order valence-corrected chi connectivity index (χ3v) is 5.96. The van der Waals surface area contributed by atoms with E-state index in [1.807, 2.05) is 0 Å². The maximum atomic E-state index is 6.09. The summed E-state index contributed by atoms with van der Waals surface area (Å²) in [6, 6.07) is 7.97. The highest BCUT2D eigenvalue weighted by Crippen LogP contribution is 2.33. The van der Waals surface area contributed by atoms with Gasteiger partial charge in [0.2, 0.25) is 0 Å². The van der Waals surface area contributed by atoms with E-state index >= 15 is 0 Å². The number of likely N-dealkylation sites (N-methyl/N-ethyl adjacent to an activating group) is 2. The number of fused-ring (bicyclic) bond motifs is 1. The fourth-order valence-electron chi connectivity index (χ4n) is 3.43. The highest BCUT2D eigenvalue weighted by molar-refractivity contribution is 7.99. The van der Waals surface area contributed by atoms with Crippen LogP contribution < -0.4 is 10.6 Å². The predicted molar refractivity (Wildman–Crippen MR) is 88.7 cm³/mol. The van der Waals surface area contributed by atoms with Crippen LogP contribution >= 0.6 is 11.8 Å². The van der Waals surface area contributed by atoms with Gasteiger partial charge < -0.3 is 10.6 Å². The Labute approximate surface area is 126 Å². The number of benzene rings is 1. The molecule has 110 valence electrons. The Morgan fingerprint density at radius 2 is 2.35 bits per heavy atom. The molecule has 2 atom stereocenters. The third kappa shape index (κ3) is 2.57. The number of nitrogens with two attached hydrogens (primary N) is 1. The van der Waals surface area contributed by atoms with Gasteiger partial charge in [0.05, 0.1) is 0 Å². The largest absolute Gasteiger partial charge is 0.374 e. The van der Waals surface area contributed by atoms with E-state index in [2.05, 4.69) is 53.9 Å². The van der Waals surface area contributed by atoms with Crippen molar-refractivity contribution in [1.82, 2.24) is 4.90 Å². The van der Waals surface area contributed by atoms with Gasteiger partial charge in [0, 0.05) is 43.7 Å².